The average molecular weight is 214 g/mol. The van der Waals surface area contributed by atoms with Gasteiger partial charge in [-0.2, -0.15) is 0 Å². The van der Waals surface area contributed by atoms with Gasteiger partial charge in [-0.1, -0.05) is 56.4 Å². The number of allylic oxidation sites excluding steroid dienone is 8. The van der Waals surface area contributed by atoms with Crippen molar-refractivity contribution in [1.82, 2.24) is 0 Å². The molecule has 0 radical (unpaired) electrons. The molecule has 0 aromatic rings. The summed E-state index contributed by atoms with van der Waals surface area (Å²) >= 11 is 0. The minimum atomic E-state index is 0.692. The van der Waals surface area contributed by atoms with Crippen LogP contribution in [0, 0.1) is 17.8 Å². The molecule has 0 N–H and O–H groups in total. The van der Waals surface area contributed by atoms with E-state index in [0.29, 0.717) is 11.8 Å². The lowest BCUT2D eigenvalue weighted by molar-refractivity contribution is 0.350. The Hall–Kier alpha value is -1.04. The highest BCUT2D eigenvalue weighted by atomic mass is 14.3. The fourth-order valence-corrected chi connectivity index (χ4v) is 2.87. The first-order valence-corrected chi connectivity index (χ1v) is 6.49. The van der Waals surface area contributed by atoms with Crippen molar-refractivity contribution in [3.05, 3.63) is 48.1 Å². The molecule has 0 aromatic carbocycles. The van der Waals surface area contributed by atoms with Crippen LogP contribution in [-0.4, -0.2) is 0 Å². The summed E-state index contributed by atoms with van der Waals surface area (Å²) in [5.74, 6) is 2.10. The zero-order valence-corrected chi connectivity index (χ0v) is 10.4. The van der Waals surface area contributed by atoms with E-state index >= 15 is 0 Å². The molecule has 0 heterocycles. The molecular formula is C16H22. The SMILES string of the molecule is CC(C)C(C1=CCCC=C1)C1C=CC=CC1. The molecule has 16 heavy (non-hydrogen) atoms. The van der Waals surface area contributed by atoms with Crippen LogP contribution >= 0.6 is 0 Å². The summed E-state index contributed by atoms with van der Waals surface area (Å²) in [4.78, 5) is 0. The Morgan fingerprint density at radius 3 is 2.56 bits per heavy atom. The van der Waals surface area contributed by atoms with E-state index in [0.717, 1.165) is 5.92 Å². The molecular weight excluding hydrogens is 192 g/mol. The number of hydrogen-bond donors (Lipinski definition) is 0. The van der Waals surface area contributed by atoms with Crippen LogP contribution in [0.25, 0.3) is 0 Å². The van der Waals surface area contributed by atoms with Gasteiger partial charge in [0.1, 0.15) is 0 Å². The second-order valence-electron chi connectivity index (χ2n) is 5.17. The molecule has 0 saturated carbocycles. The molecule has 0 bridgehead atoms. The zero-order valence-electron chi connectivity index (χ0n) is 10.4. The maximum absolute atomic E-state index is 2.44. The van der Waals surface area contributed by atoms with Crippen molar-refractivity contribution < 1.29 is 0 Å². The molecule has 2 unspecified atom stereocenters. The van der Waals surface area contributed by atoms with E-state index in [4.69, 9.17) is 0 Å². The smallest absolute Gasteiger partial charge is 0.00761 e. The molecule has 2 atom stereocenters. The standard InChI is InChI=1S/C16H22/c1-13(2)16(14-9-5-3-6-10-14)15-11-7-4-8-12-15/h3,5-7,9,11-14,16H,4,8,10H2,1-2H3. The first kappa shape index (κ1) is 11.4. The molecule has 0 aromatic heterocycles. The molecule has 0 amide bonds. The molecule has 0 aliphatic heterocycles. The highest BCUT2D eigenvalue weighted by Gasteiger charge is 2.25. The van der Waals surface area contributed by atoms with Crippen molar-refractivity contribution in [2.45, 2.75) is 33.1 Å². The molecule has 2 rings (SSSR count). The summed E-state index contributed by atoms with van der Waals surface area (Å²) in [6.45, 7) is 4.69. The van der Waals surface area contributed by atoms with E-state index in [1.165, 1.54) is 19.3 Å². The third kappa shape index (κ3) is 2.55. The van der Waals surface area contributed by atoms with E-state index in [1.807, 2.05) is 0 Å². The molecule has 2 aliphatic carbocycles. The highest BCUT2D eigenvalue weighted by molar-refractivity contribution is 5.28. The average Bonchev–Trinajstić information content (AvgIpc) is 2.31. The van der Waals surface area contributed by atoms with Crippen molar-refractivity contribution in [2.75, 3.05) is 0 Å². The van der Waals surface area contributed by atoms with E-state index in [9.17, 15) is 0 Å². The summed E-state index contributed by atoms with van der Waals surface area (Å²) < 4.78 is 0. The molecule has 86 valence electrons. The van der Waals surface area contributed by atoms with Gasteiger partial charge in [0, 0.05) is 0 Å². The van der Waals surface area contributed by atoms with Gasteiger partial charge < -0.3 is 0 Å². The predicted octanol–water partition coefficient (Wildman–Crippen LogP) is 4.67. The van der Waals surface area contributed by atoms with Gasteiger partial charge in [-0.15, -0.1) is 0 Å². The fraction of sp³-hybridized carbons (Fsp3) is 0.500. The minimum Gasteiger partial charge on any atom is -0.0840 e. The summed E-state index contributed by atoms with van der Waals surface area (Å²) in [5, 5.41) is 0. The van der Waals surface area contributed by atoms with E-state index in [-0.39, 0.29) is 0 Å². The molecule has 0 saturated heterocycles. The highest BCUT2D eigenvalue weighted by Crippen LogP contribution is 2.35. The summed E-state index contributed by atoms with van der Waals surface area (Å²) in [7, 11) is 0. The van der Waals surface area contributed by atoms with Gasteiger partial charge in [0.15, 0.2) is 0 Å². The van der Waals surface area contributed by atoms with Crippen LogP contribution in [0.5, 0.6) is 0 Å². The second-order valence-corrected chi connectivity index (χ2v) is 5.17. The van der Waals surface area contributed by atoms with Crippen LogP contribution in [0.3, 0.4) is 0 Å². The second kappa shape index (κ2) is 5.34. The van der Waals surface area contributed by atoms with Gasteiger partial charge in [-0.05, 0) is 42.6 Å². The first-order chi connectivity index (χ1) is 7.79. The maximum atomic E-state index is 2.44. The van der Waals surface area contributed by atoms with E-state index in [1.54, 1.807) is 5.57 Å². The molecule has 0 heteroatoms. The lowest BCUT2D eigenvalue weighted by atomic mass is 9.74. The Bertz CT molecular complexity index is 339. The van der Waals surface area contributed by atoms with Crippen LogP contribution in [0.2, 0.25) is 0 Å². The number of hydrogen-bond acceptors (Lipinski definition) is 0. The van der Waals surface area contributed by atoms with Crippen molar-refractivity contribution in [2.24, 2.45) is 17.8 Å². The minimum absolute atomic E-state index is 0.692. The lowest BCUT2D eigenvalue weighted by Crippen LogP contribution is -2.21. The van der Waals surface area contributed by atoms with Crippen molar-refractivity contribution in [3.63, 3.8) is 0 Å². The van der Waals surface area contributed by atoms with Crippen LogP contribution in [0.15, 0.2) is 48.1 Å². The van der Waals surface area contributed by atoms with Gasteiger partial charge in [0.2, 0.25) is 0 Å². The van der Waals surface area contributed by atoms with Gasteiger partial charge in [0.05, 0.1) is 0 Å². The molecule has 0 spiro atoms. The third-order valence-corrected chi connectivity index (χ3v) is 3.60. The summed E-state index contributed by atoms with van der Waals surface area (Å²) in [6.07, 6.45) is 19.8. The Kier molecular flexibility index (Phi) is 3.82. The van der Waals surface area contributed by atoms with Crippen LogP contribution in [0.1, 0.15) is 33.1 Å². The van der Waals surface area contributed by atoms with Gasteiger partial charge >= 0.3 is 0 Å². The third-order valence-electron chi connectivity index (χ3n) is 3.60. The van der Waals surface area contributed by atoms with Gasteiger partial charge in [-0.3, -0.25) is 0 Å². The van der Waals surface area contributed by atoms with Crippen LogP contribution in [0.4, 0.5) is 0 Å². The lowest BCUT2D eigenvalue weighted by Gasteiger charge is -2.30. The molecule has 2 aliphatic rings. The zero-order chi connectivity index (χ0) is 11.4. The first-order valence-electron chi connectivity index (χ1n) is 6.49. The van der Waals surface area contributed by atoms with Crippen LogP contribution in [-0.2, 0) is 0 Å². The fourth-order valence-electron chi connectivity index (χ4n) is 2.87. The van der Waals surface area contributed by atoms with E-state index in [2.05, 4.69) is 56.4 Å². The van der Waals surface area contributed by atoms with Crippen molar-refractivity contribution in [3.8, 4) is 0 Å². The summed E-state index contributed by atoms with van der Waals surface area (Å²) in [5.41, 5.74) is 1.56. The van der Waals surface area contributed by atoms with Crippen LogP contribution < -0.4 is 0 Å². The summed E-state index contributed by atoms with van der Waals surface area (Å²) in [6, 6.07) is 0. The van der Waals surface area contributed by atoms with Crippen molar-refractivity contribution >= 4 is 0 Å². The normalized spacial score (nSPS) is 25.9. The van der Waals surface area contributed by atoms with Gasteiger partial charge in [-0.25, -0.2) is 0 Å². The molecule has 0 fully saturated rings. The Morgan fingerprint density at radius 2 is 2.00 bits per heavy atom. The number of rotatable bonds is 3. The van der Waals surface area contributed by atoms with E-state index < -0.39 is 0 Å². The van der Waals surface area contributed by atoms with Crippen molar-refractivity contribution in [1.29, 1.82) is 0 Å². The predicted molar refractivity (Wildman–Crippen MR) is 71.2 cm³/mol. The largest absolute Gasteiger partial charge is 0.0840 e. The Labute approximate surface area is 99.4 Å². The Morgan fingerprint density at radius 1 is 1.12 bits per heavy atom. The topological polar surface area (TPSA) is 0 Å². The quantitative estimate of drug-likeness (QED) is 0.640. The Balaban J connectivity index is 2.16. The monoisotopic (exact) mass is 214 g/mol. The molecule has 0 nitrogen and oxygen atoms in total. The van der Waals surface area contributed by atoms with Gasteiger partial charge in [0.25, 0.3) is 0 Å². The maximum Gasteiger partial charge on any atom is -0.00761 e.